The van der Waals surface area contributed by atoms with Crippen molar-refractivity contribution in [1.29, 1.82) is 0 Å². The summed E-state index contributed by atoms with van der Waals surface area (Å²) >= 11 is 5.58. The van der Waals surface area contributed by atoms with Gasteiger partial charge in [0, 0.05) is 28.9 Å². The maximum atomic E-state index is 12.6. The van der Waals surface area contributed by atoms with Gasteiger partial charge in [0.15, 0.2) is 5.11 Å². The molecule has 0 radical (unpaired) electrons. The summed E-state index contributed by atoms with van der Waals surface area (Å²) < 4.78 is 27.5. The molecule has 5 aromatic rings. The van der Waals surface area contributed by atoms with E-state index in [9.17, 15) is 8.42 Å². The number of anilines is 3. The minimum absolute atomic E-state index is 0.00659. The molecule has 2 aromatic heterocycles. The Morgan fingerprint density at radius 3 is 2.31 bits per heavy atom. The van der Waals surface area contributed by atoms with Gasteiger partial charge in [-0.15, -0.1) is 0 Å². The molecular formula is C25H20N6O2S2. The maximum Gasteiger partial charge on any atom is 0.264 e. The third kappa shape index (κ3) is 4.88. The topological polar surface area (TPSA) is 109 Å². The summed E-state index contributed by atoms with van der Waals surface area (Å²) in [7, 11) is -3.82. The lowest BCUT2D eigenvalue weighted by Gasteiger charge is -2.16. The summed E-state index contributed by atoms with van der Waals surface area (Å²) in [5, 5.41) is 8.72. The van der Waals surface area contributed by atoms with Gasteiger partial charge in [-0.05, 0) is 67.7 Å². The van der Waals surface area contributed by atoms with Crippen molar-refractivity contribution in [3.8, 4) is 0 Å². The zero-order chi connectivity index (χ0) is 24.4. The third-order valence-electron chi connectivity index (χ3n) is 5.29. The second-order valence-electron chi connectivity index (χ2n) is 7.81. The Labute approximate surface area is 207 Å². The van der Waals surface area contributed by atoms with E-state index in [1.54, 1.807) is 18.2 Å². The number of para-hydroxylation sites is 1. The molecule has 0 spiro atoms. The fourth-order valence-electron chi connectivity index (χ4n) is 3.66. The van der Waals surface area contributed by atoms with Crippen LogP contribution in [0.25, 0.3) is 21.8 Å². The lowest BCUT2D eigenvalue weighted by molar-refractivity contribution is 0.601. The number of fused-ring (bicyclic) bond motifs is 2. The Morgan fingerprint density at radius 2 is 1.54 bits per heavy atom. The maximum absolute atomic E-state index is 12.6. The summed E-state index contributed by atoms with van der Waals surface area (Å²) in [5.41, 5.74) is 4.33. The second kappa shape index (κ2) is 9.24. The summed E-state index contributed by atoms with van der Waals surface area (Å²) in [4.78, 5) is 12.6. The number of benzene rings is 3. The highest BCUT2D eigenvalue weighted by atomic mass is 32.2. The molecule has 0 aliphatic carbocycles. The van der Waals surface area contributed by atoms with Gasteiger partial charge in [0.1, 0.15) is 0 Å². The number of thiocarbonyl (C=S) groups is 1. The number of aromatic nitrogens is 3. The Bertz CT molecular complexity index is 1660. The second-order valence-corrected chi connectivity index (χ2v) is 9.90. The molecule has 2 heterocycles. The minimum Gasteiger partial charge on any atom is -0.332 e. The van der Waals surface area contributed by atoms with Crippen LogP contribution in [0.3, 0.4) is 0 Å². The molecule has 174 valence electrons. The van der Waals surface area contributed by atoms with Gasteiger partial charge >= 0.3 is 0 Å². The van der Waals surface area contributed by atoms with Crippen molar-refractivity contribution in [2.75, 3.05) is 15.4 Å². The van der Waals surface area contributed by atoms with Crippen LogP contribution >= 0.6 is 12.2 Å². The molecule has 0 amide bonds. The molecule has 0 fully saturated rings. The third-order valence-corrected chi connectivity index (χ3v) is 6.84. The number of hydrogen-bond donors (Lipinski definition) is 3. The van der Waals surface area contributed by atoms with E-state index in [2.05, 4.69) is 31.4 Å². The molecule has 5 rings (SSSR count). The predicted molar refractivity (Wildman–Crippen MR) is 143 cm³/mol. The molecule has 8 nitrogen and oxygen atoms in total. The first-order chi connectivity index (χ1) is 16.9. The molecule has 10 heteroatoms. The molecule has 0 saturated carbocycles. The van der Waals surface area contributed by atoms with E-state index in [0.717, 1.165) is 33.1 Å². The number of hydrogen-bond acceptors (Lipinski definition) is 6. The van der Waals surface area contributed by atoms with E-state index in [0.29, 0.717) is 10.8 Å². The highest BCUT2D eigenvalue weighted by Gasteiger charge is 2.16. The minimum atomic E-state index is -3.82. The van der Waals surface area contributed by atoms with Crippen LogP contribution in [0.2, 0.25) is 0 Å². The van der Waals surface area contributed by atoms with Gasteiger partial charge < -0.3 is 10.6 Å². The standard InChI is InChI=1S/C25H20N6O2S2/c1-16-7-12-22-20(15-16)23(19-5-2-3-6-21(19)29-22)30-25(34)28-17-8-10-18(11-9-17)35(32,33)31-24-26-13-4-14-27-24/h2-15H,1H3,(H,26,27,31)(H2,28,29,30,34). The molecule has 0 saturated heterocycles. The molecule has 35 heavy (non-hydrogen) atoms. The van der Waals surface area contributed by atoms with Crippen LogP contribution in [0.5, 0.6) is 0 Å². The Balaban J connectivity index is 1.38. The molecule has 3 aromatic carbocycles. The molecule has 0 bridgehead atoms. The van der Waals surface area contributed by atoms with Crippen molar-refractivity contribution in [2.24, 2.45) is 0 Å². The zero-order valence-corrected chi connectivity index (χ0v) is 20.2. The summed E-state index contributed by atoms with van der Waals surface area (Å²) in [6.45, 7) is 2.03. The molecule has 3 N–H and O–H groups in total. The fourth-order valence-corrected chi connectivity index (χ4v) is 4.84. The summed E-state index contributed by atoms with van der Waals surface area (Å²) in [6, 6.07) is 21.8. The van der Waals surface area contributed by atoms with Gasteiger partial charge in [0.25, 0.3) is 10.0 Å². The monoisotopic (exact) mass is 500 g/mol. The first kappa shape index (κ1) is 22.6. The van der Waals surface area contributed by atoms with Gasteiger partial charge in [-0.3, -0.25) is 0 Å². The van der Waals surface area contributed by atoms with Crippen LogP contribution in [0, 0.1) is 6.92 Å². The lowest BCUT2D eigenvalue weighted by Crippen LogP contribution is -2.20. The first-order valence-corrected chi connectivity index (χ1v) is 12.6. The zero-order valence-electron chi connectivity index (χ0n) is 18.6. The average molecular weight is 501 g/mol. The molecular weight excluding hydrogens is 480 g/mol. The van der Waals surface area contributed by atoms with Gasteiger partial charge in [0.05, 0.1) is 21.6 Å². The van der Waals surface area contributed by atoms with Crippen LogP contribution < -0.4 is 15.4 Å². The van der Waals surface area contributed by atoms with Gasteiger partial charge in [0.2, 0.25) is 5.95 Å². The molecule has 0 aliphatic heterocycles. The van der Waals surface area contributed by atoms with E-state index in [1.807, 2.05) is 43.3 Å². The van der Waals surface area contributed by atoms with E-state index in [1.165, 1.54) is 24.5 Å². The van der Waals surface area contributed by atoms with Crippen molar-refractivity contribution in [1.82, 2.24) is 15.0 Å². The smallest absolute Gasteiger partial charge is 0.264 e. The Morgan fingerprint density at radius 1 is 0.829 bits per heavy atom. The van der Waals surface area contributed by atoms with Crippen LogP contribution in [0.4, 0.5) is 17.3 Å². The van der Waals surface area contributed by atoms with Crippen molar-refractivity contribution >= 4 is 66.5 Å². The number of nitrogens with one attached hydrogen (secondary N) is 3. The van der Waals surface area contributed by atoms with Gasteiger partial charge in [-0.25, -0.2) is 28.1 Å². The highest BCUT2D eigenvalue weighted by molar-refractivity contribution is 7.92. The number of sulfonamides is 1. The summed E-state index contributed by atoms with van der Waals surface area (Å²) in [6.07, 6.45) is 2.92. The Kier molecular flexibility index (Phi) is 5.98. The Hall–Kier alpha value is -4.15. The van der Waals surface area contributed by atoms with Crippen LogP contribution in [0.1, 0.15) is 5.56 Å². The number of rotatable bonds is 5. The van der Waals surface area contributed by atoms with Crippen LogP contribution in [-0.2, 0) is 10.0 Å². The van der Waals surface area contributed by atoms with Gasteiger partial charge in [-0.1, -0.05) is 29.8 Å². The average Bonchev–Trinajstić information content (AvgIpc) is 2.85. The van der Waals surface area contributed by atoms with Crippen LogP contribution in [-0.4, -0.2) is 28.5 Å². The lowest BCUT2D eigenvalue weighted by atomic mass is 10.1. The molecule has 0 unspecified atom stereocenters. The van der Waals surface area contributed by atoms with Crippen molar-refractivity contribution in [3.05, 3.63) is 90.8 Å². The van der Waals surface area contributed by atoms with E-state index < -0.39 is 10.0 Å². The first-order valence-electron chi connectivity index (χ1n) is 10.7. The highest BCUT2D eigenvalue weighted by Crippen LogP contribution is 2.31. The SMILES string of the molecule is Cc1ccc2nc3ccccc3c(NC(=S)Nc3ccc(S(=O)(=O)Nc4ncccn4)cc3)c2c1. The van der Waals surface area contributed by atoms with Crippen molar-refractivity contribution in [3.63, 3.8) is 0 Å². The normalized spacial score (nSPS) is 11.3. The molecule has 0 atom stereocenters. The van der Waals surface area contributed by atoms with E-state index >= 15 is 0 Å². The number of aryl methyl sites for hydroxylation is 1. The van der Waals surface area contributed by atoms with E-state index in [-0.39, 0.29) is 10.8 Å². The van der Waals surface area contributed by atoms with Crippen LogP contribution in [0.15, 0.2) is 90.1 Å². The number of nitrogens with zero attached hydrogens (tertiary/aromatic N) is 3. The van der Waals surface area contributed by atoms with Gasteiger partial charge in [-0.2, -0.15) is 0 Å². The van der Waals surface area contributed by atoms with Crippen molar-refractivity contribution in [2.45, 2.75) is 11.8 Å². The molecule has 0 aliphatic rings. The largest absolute Gasteiger partial charge is 0.332 e. The quantitative estimate of drug-likeness (QED) is 0.226. The number of pyridine rings is 1. The predicted octanol–water partition coefficient (Wildman–Crippen LogP) is 5.10. The fraction of sp³-hybridized carbons (Fsp3) is 0.0400. The van der Waals surface area contributed by atoms with E-state index in [4.69, 9.17) is 17.2 Å². The van der Waals surface area contributed by atoms with Crippen molar-refractivity contribution < 1.29 is 8.42 Å². The summed E-state index contributed by atoms with van der Waals surface area (Å²) in [5.74, 6) is 0.00659.